The minimum Gasteiger partial charge on any atom is -0.340 e. The molecule has 1 N–H and O–H groups in total. The van der Waals surface area contributed by atoms with Gasteiger partial charge in [0, 0.05) is 13.0 Å². The summed E-state index contributed by atoms with van der Waals surface area (Å²) in [5, 5.41) is 3.59. The van der Waals surface area contributed by atoms with Crippen LogP contribution < -0.4 is 0 Å². The fourth-order valence-electron chi connectivity index (χ4n) is 2.06. The predicted molar refractivity (Wildman–Crippen MR) is 69.9 cm³/mol. The Kier molecular flexibility index (Phi) is 2.71. The first kappa shape index (κ1) is 11.2. The molecule has 0 bridgehead atoms. The SMILES string of the molecule is Cc1cccc2c1[nH]c(=S)n2CCc1ncno1. The Morgan fingerprint density at radius 2 is 2.33 bits per heavy atom. The number of H-pyrrole nitrogens is 1. The number of nitrogens with one attached hydrogen (secondary N) is 1. The molecule has 18 heavy (non-hydrogen) atoms. The molecule has 92 valence electrons. The fourth-order valence-corrected chi connectivity index (χ4v) is 2.35. The summed E-state index contributed by atoms with van der Waals surface area (Å²) in [6.45, 7) is 2.79. The van der Waals surface area contributed by atoms with Gasteiger partial charge in [0.15, 0.2) is 11.1 Å². The summed E-state index contributed by atoms with van der Waals surface area (Å²) in [6.07, 6.45) is 2.09. The van der Waals surface area contributed by atoms with Gasteiger partial charge < -0.3 is 14.1 Å². The summed E-state index contributed by atoms with van der Waals surface area (Å²) in [4.78, 5) is 7.24. The van der Waals surface area contributed by atoms with Crippen LogP contribution in [-0.4, -0.2) is 19.7 Å². The van der Waals surface area contributed by atoms with Gasteiger partial charge in [0.1, 0.15) is 0 Å². The van der Waals surface area contributed by atoms with Crippen LogP contribution in [0, 0.1) is 11.7 Å². The van der Waals surface area contributed by atoms with Crippen LogP contribution in [0.3, 0.4) is 0 Å². The molecule has 0 spiro atoms. The van der Waals surface area contributed by atoms with Crippen molar-refractivity contribution in [3.05, 3.63) is 40.8 Å². The molecule has 0 aliphatic rings. The highest BCUT2D eigenvalue weighted by atomic mass is 32.1. The maximum absolute atomic E-state index is 5.35. The number of nitrogens with zero attached hydrogens (tertiary/aromatic N) is 3. The molecule has 0 aliphatic heterocycles. The highest BCUT2D eigenvalue weighted by Gasteiger charge is 2.07. The molecule has 0 radical (unpaired) electrons. The van der Waals surface area contributed by atoms with Gasteiger partial charge in [-0.15, -0.1) is 0 Å². The van der Waals surface area contributed by atoms with Crippen molar-refractivity contribution in [2.45, 2.75) is 19.9 Å². The van der Waals surface area contributed by atoms with E-state index in [1.54, 1.807) is 0 Å². The summed E-state index contributed by atoms with van der Waals surface area (Å²) in [6, 6.07) is 6.15. The molecular formula is C12H12N4OS. The first-order chi connectivity index (χ1) is 8.75. The number of aromatic amines is 1. The van der Waals surface area contributed by atoms with Gasteiger partial charge in [-0.2, -0.15) is 4.98 Å². The summed E-state index contributed by atoms with van der Waals surface area (Å²) in [7, 11) is 0. The molecule has 6 heteroatoms. The van der Waals surface area contributed by atoms with Gasteiger partial charge in [-0.3, -0.25) is 0 Å². The number of rotatable bonds is 3. The van der Waals surface area contributed by atoms with Crippen molar-refractivity contribution in [2.24, 2.45) is 0 Å². The van der Waals surface area contributed by atoms with E-state index in [-0.39, 0.29) is 0 Å². The lowest BCUT2D eigenvalue weighted by molar-refractivity contribution is 0.371. The Labute approximate surface area is 108 Å². The number of hydrogen-bond acceptors (Lipinski definition) is 4. The van der Waals surface area contributed by atoms with E-state index < -0.39 is 0 Å². The van der Waals surface area contributed by atoms with Crippen molar-refractivity contribution in [3.8, 4) is 0 Å². The summed E-state index contributed by atoms with van der Waals surface area (Å²) < 4.78 is 7.77. The number of benzene rings is 1. The number of hydrogen-bond donors (Lipinski definition) is 1. The lowest BCUT2D eigenvalue weighted by Crippen LogP contribution is -2.01. The van der Waals surface area contributed by atoms with Gasteiger partial charge in [-0.05, 0) is 30.8 Å². The van der Waals surface area contributed by atoms with Crippen LogP contribution in [0.5, 0.6) is 0 Å². The molecule has 0 atom stereocenters. The van der Waals surface area contributed by atoms with Gasteiger partial charge in [0.05, 0.1) is 11.0 Å². The fraction of sp³-hybridized carbons (Fsp3) is 0.250. The van der Waals surface area contributed by atoms with Crippen LogP contribution in [-0.2, 0) is 13.0 Å². The Balaban J connectivity index is 1.99. The number of aryl methyl sites for hydroxylation is 3. The van der Waals surface area contributed by atoms with Gasteiger partial charge in [0.25, 0.3) is 0 Å². The summed E-state index contributed by atoms with van der Waals surface area (Å²) in [5.41, 5.74) is 3.39. The number of fused-ring (bicyclic) bond motifs is 1. The molecule has 0 fully saturated rings. The molecule has 0 saturated carbocycles. The van der Waals surface area contributed by atoms with Crippen molar-refractivity contribution < 1.29 is 4.52 Å². The molecular weight excluding hydrogens is 248 g/mol. The van der Waals surface area contributed by atoms with E-state index in [9.17, 15) is 0 Å². The minimum absolute atomic E-state index is 0.624. The zero-order chi connectivity index (χ0) is 12.5. The van der Waals surface area contributed by atoms with Gasteiger partial charge in [-0.1, -0.05) is 17.3 Å². The number of para-hydroxylation sites is 1. The van der Waals surface area contributed by atoms with E-state index in [0.717, 1.165) is 22.3 Å². The van der Waals surface area contributed by atoms with Crippen LogP contribution in [0.2, 0.25) is 0 Å². The van der Waals surface area contributed by atoms with E-state index in [4.69, 9.17) is 16.7 Å². The van der Waals surface area contributed by atoms with Crippen molar-refractivity contribution in [3.63, 3.8) is 0 Å². The monoisotopic (exact) mass is 260 g/mol. The van der Waals surface area contributed by atoms with Crippen molar-refractivity contribution in [1.82, 2.24) is 19.7 Å². The maximum Gasteiger partial charge on any atom is 0.228 e. The predicted octanol–water partition coefficient (Wildman–Crippen LogP) is 2.63. The molecule has 0 aliphatic carbocycles. The molecule has 2 aromatic heterocycles. The van der Waals surface area contributed by atoms with Gasteiger partial charge in [-0.25, -0.2) is 0 Å². The molecule has 3 aromatic rings. The smallest absolute Gasteiger partial charge is 0.228 e. The van der Waals surface area contributed by atoms with Crippen molar-refractivity contribution in [2.75, 3.05) is 0 Å². The molecule has 3 rings (SSSR count). The third-order valence-electron chi connectivity index (χ3n) is 2.97. The Hall–Kier alpha value is -1.95. The molecule has 2 heterocycles. The molecule has 1 aromatic carbocycles. The Morgan fingerprint density at radius 3 is 3.11 bits per heavy atom. The first-order valence-corrected chi connectivity index (χ1v) is 6.10. The second-order valence-electron chi connectivity index (χ2n) is 4.14. The van der Waals surface area contributed by atoms with Crippen LogP contribution in [0.25, 0.3) is 11.0 Å². The van der Waals surface area contributed by atoms with E-state index in [1.807, 2.05) is 6.07 Å². The topological polar surface area (TPSA) is 59.6 Å². The third-order valence-corrected chi connectivity index (χ3v) is 3.30. The zero-order valence-corrected chi connectivity index (χ0v) is 10.7. The van der Waals surface area contributed by atoms with E-state index in [1.165, 1.54) is 11.9 Å². The highest BCUT2D eigenvalue weighted by Crippen LogP contribution is 2.18. The maximum atomic E-state index is 5.35. The van der Waals surface area contributed by atoms with Crippen LogP contribution in [0.4, 0.5) is 0 Å². The molecule has 5 nitrogen and oxygen atoms in total. The van der Waals surface area contributed by atoms with Crippen LogP contribution >= 0.6 is 12.2 Å². The van der Waals surface area contributed by atoms with E-state index in [2.05, 4.69) is 38.7 Å². The summed E-state index contributed by atoms with van der Waals surface area (Å²) >= 11 is 5.35. The zero-order valence-electron chi connectivity index (χ0n) is 9.88. The first-order valence-electron chi connectivity index (χ1n) is 5.69. The number of imidazole rings is 1. The molecule has 0 unspecified atom stereocenters. The molecule has 0 saturated heterocycles. The Morgan fingerprint density at radius 1 is 1.44 bits per heavy atom. The largest absolute Gasteiger partial charge is 0.340 e. The van der Waals surface area contributed by atoms with Crippen molar-refractivity contribution >= 4 is 23.3 Å². The third kappa shape index (κ3) is 1.84. The Bertz CT molecular complexity index is 726. The average molecular weight is 260 g/mol. The highest BCUT2D eigenvalue weighted by molar-refractivity contribution is 7.71. The standard InChI is InChI=1S/C12H12N4OS/c1-8-3-2-4-9-11(8)15-12(18)16(9)6-5-10-13-7-14-17-10/h2-4,7H,5-6H2,1H3,(H,15,18). The second-order valence-corrected chi connectivity index (χ2v) is 4.52. The van der Waals surface area contributed by atoms with Crippen molar-refractivity contribution in [1.29, 1.82) is 0 Å². The van der Waals surface area contributed by atoms with Gasteiger partial charge >= 0.3 is 0 Å². The normalized spacial score (nSPS) is 11.2. The minimum atomic E-state index is 0.624. The van der Waals surface area contributed by atoms with E-state index in [0.29, 0.717) is 12.3 Å². The average Bonchev–Trinajstić information content (AvgIpc) is 2.95. The number of aromatic nitrogens is 4. The lowest BCUT2D eigenvalue weighted by atomic mass is 10.2. The van der Waals surface area contributed by atoms with Gasteiger partial charge in [0.2, 0.25) is 5.89 Å². The van der Waals surface area contributed by atoms with Crippen LogP contribution in [0.15, 0.2) is 29.0 Å². The summed E-state index contributed by atoms with van der Waals surface area (Å²) in [5.74, 6) is 0.624. The second kappa shape index (κ2) is 4.38. The molecule has 0 amide bonds. The quantitative estimate of drug-likeness (QED) is 0.735. The lowest BCUT2D eigenvalue weighted by Gasteiger charge is -2.02. The van der Waals surface area contributed by atoms with Crippen LogP contribution in [0.1, 0.15) is 11.5 Å². The van der Waals surface area contributed by atoms with E-state index >= 15 is 0 Å².